The van der Waals surface area contributed by atoms with Crippen molar-refractivity contribution < 1.29 is 4.74 Å². The summed E-state index contributed by atoms with van der Waals surface area (Å²) in [7, 11) is 0. The third-order valence-electron chi connectivity index (χ3n) is 4.42. The summed E-state index contributed by atoms with van der Waals surface area (Å²) >= 11 is 0. The topological polar surface area (TPSA) is 27.7 Å². The maximum atomic E-state index is 6.21. The van der Waals surface area contributed by atoms with Crippen LogP contribution in [0.1, 0.15) is 26.7 Å². The summed E-state index contributed by atoms with van der Waals surface area (Å²) in [5.41, 5.74) is 2.66. The normalized spacial score (nSPS) is 21.9. The van der Waals surface area contributed by atoms with Crippen molar-refractivity contribution in [1.29, 1.82) is 0 Å². The SMILES string of the molecule is CCCN1CC(CC)Oc2cccc(N3CCNCC3)c21. The molecule has 0 aliphatic carbocycles. The summed E-state index contributed by atoms with van der Waals surface area (Å²) in [6.07, 6.45) is 2.56. The second-order valence-corrected chi connectivity index (χ2v) is 5.96. The number of nitrogens with zero attached hydrogens (tertiary/aromatic N) is 2. The number of ether oxygens (including phenoxy) is 1. The van der Waals surface area contributed by atoms with Crippen molar-refractivity contribution in [3.8, 4) is 5.75 Å². The van der Waals surface area contributed by atoms with Crippen LogP contribution < -0.4 is 19.9 Å². The molecule has 1 saturated heterocycles. The van der Waals surface area contributed by atoms with Gasteiger partial charge in [0.1, 0.15) is 17.5 Å². The number of hydrogen-bond acceptors (Lipinski definition) is 4. The van der Waals surface area contributed by atoms with Gasteiger partial charge < -0.3 is 19.9 Å². The molecule has 0 aromatic heterocycles. The molecular formula is C17H27N3O. The predicted octanol–water partition coefficient (Wildman–Crippen LogP) is 2.48. The molecule has 116 valence electrons. The Hall–Kier alpha value is -1.42. The quantitative estimate of drug-likeness (QED) is 0.921. The molecule has 2 aliphatic heterocycles. The molecular weight excluding hydrogens is 262 g/mol. The van der Waals surface area contributed by atoms with Gasteiger partial charge in [0.25, 0.3) is 0 Å². The van der Waals surface area contributed by atoms with Crippen molar-refractivity contribution in [1.82, 2.24) is 5.32 Å². The number of nitrogens with one attached hydrogen (secondary N) is 1. The van der Waals surface area contributed by atoms with Gasteiger partial charge in [0, 0.05) is 32.7 Å². The highest BCUT2D eigenvalue weighted by Gasteiger charge is 2.28. The number of fused-ring (bicyclic) bond motifs is 1. The van der Waals surface area contributed by atoms with E-state index in [9.17, 15) is 0 Å². The first-order chi connectivity index (χ1) is 10.3. The zero-order chi connectivity index (χ0) is 14.7. The van der Waals surface area contributed by atoms with Gasteiger partial charge in [-0.2, -0.15) is 0 Å². The number of rotatable bonds is 4. The molecule has 3 rings (SSSR count). The fourth-order valence-corrected chi connectivity index (χ4v) is 3.32. The summed E-state index contributed by atoms with van der Waals surface area (Å²) in [6.45, 7) is 10.9. The summed E-state index contributed by atoms with van der Waals surface area (Å²) < 4.78 is 6.21. The van der Waals surface area contributed by atoms with Crippen LogP contribution >= 0.6 is 0 Å². The fourth-order valence-electron chi connectivity index (χ4n) is 3.32. The molecule has 0 saturated carbocycles. The van der Waals surface area contributed by atoms with E-state index in [-0.39, 0.29) is 0 Å². The minimum absolute atomic E-state index is 0.322. The lowest BCUT2D eigenvalue weighted by atomic mass is 10.1. The van der Waals surface area contributed by atoms with Crippen LogP contribution in [0.4, 0.5) is 11.4 Å². The number of piperazine rings is 1. The molecule has 1 aromatic carbocycles. The van der Waals surface area contributed by atoms with Gasteiger partial charge in [-0.15, -0.1) is 0 Å². The Balaban J connectivity index is 1.95. The first-order valence-corrected chi connectivity index (χ1v) is 8.33. The maximum absolute atomic E-state index is 6.21. The second kappa shape index (κ2) is 6.56. The molecule has 0 amide bonds. The third-order valence-corrected chi connectivity index (χ3v) is 4.42. The van der Waals surface area contributed by atoms with E-state index in [1.807, 2.05) is 0 Å². The highest BCUT2D eigenvalue weighted by atomic mass is 16.5. The minimum Gasteiger partial charge on any atom is -0.486 e. The van der Waals surface area contributed by atoms with E-state index in [1.165, 1.54) is 17.8 Å². The molecule has 2 aliphatic rings. The van der Waals surface area contributed by atoms with Gasteiger partial charge in [-0.1, -0.05) is 19.9 Å². The van der Waals surface area contributed by atoms with E-state index in [1.54, 1.807) is 0 Å². The number of anilines is 2. The lowest BCUT2D eigenvalue weighted by molar-refractivity contribution is 0.189. The Kier molecular flexibility index (Phi) is 4.54. The van der Waals surface area contributed by atoms with Crippen LogP contribution in [-0.4, -0.2) is 45.4 Å². The molecule has 1 aromatic rings. The van der Waals surface area contributed by atoms with Crippen molar-refractivity contribution in [2.24, 2.45) is 0 Å². The van der Waals surface area contributed by atoms with Gasteiger partial charge in [0.05, 0.1) is 12.2 Å². The molecule has 1 fully saturated rings. The van der Waals surface area contributed by atoms with Gasteiger partial charge >= 0.3 is 0 Å². The molecule has 4 heteroatoms. The van der Waals surface area contributed by atoms with E-state index < -0.39 is 0 Å². The molecule has 1 atom stereocenters. The summed E-state index contributed by atoms with van der Waals surface area (Å²) in [5, 5.41) is 3.43. The highest BCUT2D eigenvalue weighted by molar-refractivity contribution is 5.78. The van der Waals surface area contributed by atoms with Gasteiger partial charge in [-0.05, 0) is 25.0 Å². The average molecular weight is 289 g/mol. The van der Waals surface area contributed by atoms with Crippen LogP contribution in [0.2, 0.25) is 0 Å². The van der Waals surface area contributed by atoms with Crippen molar-refractivity contribution >= 4 is 11.4 Å². The first kappa shape index (κ1) is 14.5. The van der Waals surface area contributed by atoms with Crippen LogP contribution in [0, 0.1) is 0 Å². The van der Waals surface area contributed by atoms with Crippen molar-refractivity contribution in [2.75, 3.05) is 49.1 Å². The summed E-state index contributed by atoms with van der Waals surface area (Å²) in [5.74, 6) is 1.07. The largest absolute Gasteiger partial charge is 0.486 e. The zero-order valence-electron chi connectivity index (χ0n) is 13.3. The highest BCUT2D eigenvalue weighted by Crippen LogP contribution is 2.42. The van der Waals surface area contributed by atoms with Crippen molar-refractivity contribution in [3.63, 3.8) is 0 Å². The van der Waals surface area contributed by atoms with Gasteiger partial charge in [0.15, 0.2) is 0 Å². The molecule has 0 radical (unpaired) electrons. The van der Waals surface area contributed by atoms with Gasteiger partial charge in [0.2, 0.25) is 0 Å². The van der Waals surface area contributed by atoms with Crippen LogP contribution in [0.15, 0.2) is 18.2 Å². The Morgan fingerprint density at radius 2 is 2.05 bits per heavy atom. The molecule has 0 bridgehead atoms. The Labute approximate surface area is 128 Å². The Morgan fingerprint density at radius 3 is 2.76 bits per heavy atom. The monoisotopic (exact) mass is 289 g/mol. The van der Waals surface area contributed by atoms with Gasteiger partial charge in [-0.3, -0.25) is 0 Å². The summed E-state index contributed by atoms with van der Waals surface area (Å²) in [6, 6.07) is 6.52. The Morgan fingerprint density at radius 1 is 1.24 bits per heavy atom. The first-order valence-electron chi connectivity index (χ1n) is 8.33. The molecule has 4 nitrogen and oxygen atoms in total. The lowest BCUT2D eigenvalue weighted by Crippen LogP contribution is -2.45. The maximum Gasteiger partial charge on any atom is 0.145 e. The van der Waals surface area contributed by atoms with Crippen LogP contribution in [0.25, 0.3) is 0 Å². The van der Waals surface area contributed by atoms with Crippen molar-refractivity contribution in [2.45, 2.75) is 32.8 Å². The minimum atomic E-state index is 0.322. The Bertz CT molecular complexity index is 471. The number of para-hydroxylation sites is 1. The number of benzene rings is 1. The van der Waals surface area contributed by atoms with E-state index in [0.717, 1.165) is 51.4 Å². The second-order valence-electron chi connectivity index (χ2n) is 5.96. The predicted molar refractivity (Wildman–Crippen MR) is 88.7 cm³/mol. The average Bonchev–Trinajstić information content (AvgIpc) is 2.55. The standard InChI is InChI=1S/C17H27N3O/c1-3-10-20-13-14(4-2)21-16-7-5-6-15(17(16)20)19-11-8-18-9-12-19/h5-7,14,18H,3-4,8-13H2,1-2H3. The smallest absolute Gasteiger partial charge is 0.145 e. The van der Waals surface area contributed by atoms with Crippen molar-refractivity contribution in [3.05, 3.63) is 18.2 Å². The third kappa shape index (κ3) is 2.95. The van der Waals surface area contributed by atoms with Gasteiger partial charge in [-0.25, -0.2) is 0 Å². The van der Waals surface area contributed by atoms with E-state index >= 15 is 0 Å². The molecule has 21 heavy (non-hydrogen) atoms. The molecule has 2 heterocycles. The van der Waals surface area contributed by atoms with E-state index in [4.69, 9.17) is 4.74 Å². The van der Waals surface area contributed by atoms with Crippen LogP contribution in [-0.2, 0) is 0 Å². The molecule has 1 N–H and O–H groups in total. The lowest BCUT2D eigenvalue weighted by Gasteiger charge is -2.40. The molecule has 0 spiro atoms. The zero-order valence-corrected chi connectivity index (χ0v) is 13.3. The van der Waals surface area contributed by atoms with Crippen LogP contribution in [0.3, 0.4) is 0 Å². The fraction of sp³-hybridized carbons (Fsp3) is 0.647. The summed E-state index contributed by atoms with van der Waals surface area (Å²) in [4.78, 5) is 5.03. The van der Waals surface area contributed by atoms with Crippen LogP contribution in [0.5, 0.6) is 5.75 Å². The van der Waals surface area contributed by atoms with E-state index in [2.05, 4.69) is 47.2 Å². The number of hydrogen-bond donors (Lipinski definition) is 1. The molecule has 1 unspecified atom stereocenters. The van der Waals surface area contributed by atoms with E-state index in [0.29, 0.717) is 6.10 Å².